The number of pyridine rings is 1. The molecule has 1 unspecified atom stereocenters. The number of nitrogens with zero attached hydrogens (tertiary/aromatic N) is 8. The van der Waals surface area contributed by atoms with Crippen LogP contribution in [0, 0.1) is 11.3 Å². The smallest absolute Gasteiger partial charge is 0.230 e. The summed E-state index contributed by atoms with van der Waals surface area (Å²) < 4.78 is 9.88. The van der Waals surface area contributed by atoms with E-state index in [2.05, 4.69) is 31.3 Å². The van der Waals surface area contributed by atoms with Crippen molar-refractivity contribution in [2.24, 2.45) is 5.10 Å². The van der Waals surface area contributed by atoms with Crippen LogP contribution in [0.25, 0.3) is 22.2 Å². The van der Waals surface area contributed by atoms with Crippen LogP contribution in [-0.4, -0.2) is 67.0 Å². The number of hydrogen-bond donors (Lipinski definition) is 2. The van der Waals surface area contributed by atoms with Crippen molar-refractivity contribution >= 4 is 22.6 Å². The second-order valence-corrected chi connectivity index (χ2v) is 9.81. The number of nitriles is 1. The minimum absolute atomic E-state index is 0.0653. The molecule has 1 aliphatic heterocycles. The minimum atomic E-state index is -0.753. The Kier molecular flexibility index (Phi) is 6.14. The first-order valence-corrected chi connectivity index (χ1v) is 12.2. The molecule has 3 aromatic rings. The van der Waals surface area contributed by atoms with Crippen molar-refractivity contribution in [1.82, 2.24) is 29.6 Å². The molecule has 2 N–H and O–H groups in total. The molecular weight excluding hydrogens is 458 g/mol. The maximum Gasteiger partial charge on any atom is 0.230 e. The Morgan fingerprint density at radius 2 is 2.00 bits per heavy atom. The fraction of sp³-hybridized carbons (Fsp3) is 0.480. The van der Waals surface area contributed by atoms with Gasteiger partial charge in [-0.25, -0.2) is 4.98 Å². The van der Waals surface area contributed by atoms with E-state index in [1.54, 1.807) is 30.1 Å². The second-order valence-electron chi connectivity index (χ2n) is 9.81. The van der Waals surface area contributed by atoms with E-state index in [9.17, 15) is 10.4 Å². The normalized spacial score (nSPS) is 22.4. The summed E-state index contributed by atoms with van der Waals surface area (Å²) >= 11 is 0. The molecule has 5 rings (SSSR count). The number of likely N-dealkylation sites (N-methyl/N-ethyl adjacent to an activating group) is 1. The molecule has 36 heavy (non-hydrogen) atoms. The van der Waals surface area contributed by atoms with Crippen LogP contribution in [0.4, 0.5) is 5.82 Å². The molecule has 1 fully saturated rings. The third-order valence-corrected chi connectivity index (χ3v) is 6.88. The van der Waals surface area contributed by atoms with Gasteiger partial charge in [0.15, 0.2) is 6.23 Å². The topological polar surface area (TPSA) is 129 Å². The average molecular weight is 490 g/mol. The molecule has 0 amide bonds. The number of hydrazone groups is 1. The summed E-state index contributed by atoms with van der Waals surface area (Å²) in [5, 5.41) is 38.6. The van der Waals surface area contributed by atoms with Gasteiger partial charge in [0.05, 0.1) is 23.8 Å². The van der Waals surface area contributed by atoms with E-state index in [0.29, 0.717) is 5.90 Å². The summed E-state index contributed by atoms with van der Waals surface area (Å²) in [6.07, 6.45) is 11.8. The number of aliphatic hydroxyl groups is 1. The predicted octanol–water partition coefficient (Wildman–Crippen LogP) is 3.23. The van der Waals surface area contributed by atoms with Gasteiger partial charge in [-0.05, 0) is 45.6 Å². The number of ether oxygens (including phenoxy) is 1. The molecule has 188 valence electrons. The number of rotatable bonds is 5. The fourth-order valence-corrected chi connectivity index (χ4v) is 4.64. The first-order valence-electron chi connectivity index (χ1n) is 12.2. The van der Waals surface area contributed by atoms with Gasteiger partial charge in [-0.3, -0.25) is 14.4 Å². The number of hydrogen-bond acceptors (Lipinski definition) is 9. The van der Waals surface area contributed by atoms with Gasteiger partial charge < -0.3 is 15.2 Å². The predicted molar refractivity (Wildman–Crippen MR) is 136 cm³/mol. The number of aliphatic hydroxyl groups excluding tert-OH is 1. The fourth-order valence-electron chi connectivity index (χ4n) is 4.64. The Bertz CT molecular complexity index is 1360. The highest BCUT2D eigenvalue weighted by Crippen LogP contribution is 2.36. The van der Waals surface area contributed by atoms with Crippen LogP contribution < -0.4 is 5.32 Å². The van der Waals surface area contributed by atoms with Crippen LogP contribution in [0.15, 0.2) is 41.9 Å². The Balaban J connectivity index is 1.40. The molecule has 2 aliphatic rings. The van der Waals surface area contributed by atoms with E-state index in [-0.39, 0.29) is 12.1 Å². The molecule has 1 aliphatic carbocycles. The molecule has 0 saturated heterocycles. The van der Waals surface area contributed by atoms with Gasteiger partial charge in [-0.2, -0.15) is 15.5 Å². The maximum atomic E-state index is 9.76. The Morgan fingerprint density at radius 1 is 1.22 bits per heavy atom. The van der Waals surface area contributed by atoms with Gasteiger partial charge in [0.1, 0.15) is 23.2 Å². The van der Waals surface area contributed by atoms with E-state index >= 15 is 0 Å². The molecule has 4 heterocycles. The summed E-state index contributed by atoms with van der Waals surface area (Å²) in [5.41, 5.74) is 1.92. The van der Waals surface area contributed by atoms with Crippen molar-refractivity contribution < 1.29 is 9.84 Å². The highest BCUT2D eigenvalue weighted by atomic mass is 16.5. The van der Waals surface area contributed by atoms with E-state index in [1.807, 2.05) is 39.4 Å². The van der Waals surface area contributed by atoms with Gasteiger partial charge in [-0.1, -0.05) is 0 Å². The molecule has 1 atom stereocenters. The van der Waals surface area contributed by atoms with Crippen LogP contribution >= 0.6 is 0 Å². The zero-order valence-corrected chi connectivity index (χ0v) is 21.0. The molecule has 0 radical (unpaired) electrons. The lowest BCUT2D eigenvalue weighted by Crippen LogP contribution is -2.32. The number of anilines is 1. The maximum absolute atomic E-state index is 9.76. The van der Waals surface area contributed by atoms with Gasteiger partial charge in [0.25, 0.3) is 0 Å². The Labute approximate surface area is 209 Å². The zero-order chi connectivity index (χ0) is 25.4. The third-order valence-electron chi connectivity index (χ3n) is 6.88. The second kappa shape index (κ2) is 9.28. The molecule has 3 aromatic heterocycles. The molecule has 0 bridgehead atoms. The highest BCUT2D eigenvalue weighted by Gasteiger charge is 2.28. The Hall–Kier alpha value is -3.91. The monoisotopic (exact) mass is 489 g/mol. The quantitative estimate of drug-likeness (QED) is 0.559. The first-order chi connectivity index (χ1) is 17.3. The standard InChI is InChI=1S/C25H31N9O2/c1-25(2,15-26)33-14-16(12-29-33)24-19-13-28-21(27-3)11-20(19)34(31-24)17-5-7-18(8-6-17)36-22-9-10-23(35)32(4)30-22/h9-14,17-18,23,35H,5-8H2,1-4H3,(H,27,28). The van der Waals surface area contributed by atoms with Crippen molar-refractivity contribution in [3.8, 4) is 17.3 Å². The van der Waals surface area contributed by atoms with Crippen molar-refractivity contribution in [1.29, 1.82) is 5.26 Å². The minimum Gasteiger partial charge on any atom is -0.473 e. The van der Waals surface area contributed by atoms with Gasteiger partial charge in [0, 0.05) is 49.6 Å². The largest absolute Gasteiger partial charge is 0.473 e. The lowest BCUT2D eigenvalue weighted by molar-refractivity contribution is 0.0532. The van der Waals surface area contributed by atoms with Crippen molar-refractivity contribution in [3.05, 3.63) is 36.8 Å². The molecule has 0 aromatic carbocycles. The zero-order valence-electron chi connectivity index (χ0n) is 21.0. The molecular formula is C25H31N9O2. The molecule has 11 nitrogen and oxygen atoms in total. The van der Waals surface area contributed by atoms with E-state index < -0.39 is 11.8 Å². The summed E-state index contributed by atoms with van der Waals surface area (Å²) in [4.78, 5) is 4.52. The lowest BCUT2D eigenvalue weighted by atomic mass is 9.93. The van der Waals surface area contributed by atoms with E-state index in [1.165, 1.54) is 5.01 Å². The highest BCUT2D eigenvalue weighted by molar-refractivity contribution is 5.93. The SMILES string of the molecule is CNc1cc2c(cn1)c(-c1cnn(C(C)(C)C#N)c1)nn2C1CCC(OC2=NN(C)C(O)C=C2)CC1. The van der Waals surface area contributed by atoms with Gasteiger partial charge in [0.2, 0.25) is 5.90 Å². The molecule has 0 spiro atoms. The number of fused-ring (bicyclic) bond motifs is 1. The van der Waals surface area contributed by atoms with Gasteiger partial charge in [-0.15, -0.1) is 5.10 Å². The number of nitrogens with one attached hydrogen (secondary N) is 1. The molecule has 11 heteroatoms. The van der Waals surface area contributed by atoms with Crippen LogP contribution in [0.2, 0.25) is 0 Å². The van der Waals surface area contributed by atoms with Crippen LogP contribution in [0.5, 0.6) is 0 Å². The average Bonchev–Trinajstić information content (AvgIpc) is 3.52. The van der Waals surface area contributed by atoms with Crippen molar-refractivity contribution in [2.75, 3.05) is 19.4 Å². The third kappa shape index (κ3) is 4.40. The Morgan fingerprint density at radius 3 is 2.69 bits per heavy atom. The van der Waals surface area contributed by atoms with E-state index in [4.69, 9.17) is 9.84 Å². The number of aromatic nitrogens is 5. The van der Waals surface area contributed by atoms with Crippen LogP contribution in [0.1, 0.15) is 45.6 Å². The first kappa shape index (κ1) is 23.8. The van der Waals surface area contributed by atoms with Gasteiger partial charge >= 0.3 is 0 Å². The molecule has 1 saturated carbocycles. The van der Waals surface area contributed by atoms with Crippen LogP contribution in [0.3, 0.4) is 0 Å². The lowest BCUT2D eigenvalue weighted by Gasteiger charge is -2.30. The summed E-state index contributed by atoms with van der Waals surface area (Å²) in [6, 6.07) is 4.53. The summed E-state index contributed by atoms with van der Waals surface area (Å²) in [5.74, 6) is 1.31. The van der Waals surface area contributed by atoms with Crippen molar-refractivity contribution in [3.63, 3.8) is 0 Å². The summed E-state index contributed by atoms with van der Waals surface area (Å²) in [6.45, 7) is 3.66. The van der Waals surface area contributed by atoms with Crippen molar-refractivity contribution in [2.45, 2.75) is 63.4 Å². The summed E-state index contributed by atoms with van der Waals surface area (Å²) in [7, 11) is 3.57. The van der Waals surface area contributed by atoms with E-state index in [0.717, 1.165) is 53.7 Å². The van der Waals surface area contributed by atoms with Crippen LogP contribution in [-0.2, 0) is 10.3 Å².